The molecule has 0 atom stereocenters. The fraction of sp³-hybridized carbons (Fsp3) is 0.118. The van der Waals surface area contributed by atoms with Gasteiger partial charge in [-0.25, -0.2) is 4.98 Å². The number of nitrogens with zero attached hydrogens (tertiary/aromatic N) is 3. The van der Waals surface area contributed by atoms with Gasteiger partial charge in [-0.2, -0.15) is 5.10 Å². The SMILES string of the molecule is COc1ccc(-c2csc(N/N=C(/C)c3ccccn3)n2)cc1. The van der Waals surface area contributed by atoms with Crippen LogP contribution in [-0.4, -0.2) is 22.8 Å². The molecule has 0 spiro atoms. The van der Waals surface area contributed by atoms with E-state index in [4.69, 9.17) is 4.74 Å². The largest absolute Gasteiger partial charge is 0.497 e. The summed E-state index contributed by atoms with van der Waals surface area (Å²) >= 11 is 1.51. The number of aromatic nitrogens is 2. The van der Waals surface area contributed by atoms with Crippen LogP contribution >= 0.6 is 11.3 Å². The lowest BCUT2D eigenvalue weighted by atomic mass is 10.2. The molecule has 0 bridgehead atoms. The molecule has 0 radical (unpaired) electrons. The van der Waals surface area contributed by atoms with Crippen LogP contribution in [0.5, 0.6) is 5.75 Å². The number of benzene rings is 1. The summed E-state index contributed by atoms with van der Waals surface area (Å²) in [5, 5.41) is 7.07. The minimum atomic E-state index is 0.742. The molecular weight excluding hydrogens is 308 g/mol. The van der Waals surface area contributed by atoms with Gasteiger partial charge in [0.25, 0.3) is 0 Å². The summed E-state index contributed by atoms with van der Waals surface area (Å²) in [6, 6.07) is 13.6. The van der Waals surface area contributed by atoms with E-state index in [-0.39, 0.29) is 0 Å². The second-order valence-corrected chi connectivity index (χ2v) is 5.65. The predicted octanol–water partition coefficient (Wildman–Crippen LogP) is 4.05. The zero-order chi connectivity index (χ0) is 16.1. The first kappa shape index (κ1) is 15.2. The van der Waals surface area contributed by atoms with Crippen molar-refractivity contribution in [1.29, 1.82) is 0 Å². The summed E-state index contributed by atoms with van der Waals surface area (Å²) in [7, 11) is 1.65. The van der Waals surface area contributed by atoms with Crippen LogP contribution in [0.3, 0.4) is 0 Å². The van der Waals surface area contributed by atoms with Gasteiger partial charge in [0.15, 0.2) is 0 Å². The van der Waals surface area contributed by atoms with E-state index in [1.165, 1.54) is 11.3 Å². The van der Waals surface area contributed by atoms with Crippen LogP contribution in [0.1, 0.15) is 12.6 Å². The molecule has 2 aromatic heterocycles. The molecule has 116 valence electrons. The quantitative estimate of drug-likeness (QED) is 0.568. The van der Waals surface area contributed by atoms with E-state index < -0.39 is 0 Å². The fourth-order valence-corrected chi connectivity index (χ4v) is 2.65. The summed E-state index contributed by atoms with van der Waals surface area (Å²) in [5.41, 5.74) is 6.59. The zero-order valence-electron chi connectivity index (χ0n) is 12.9. The molecule has 3 rings (SSSR count). The Morgan fingerprint density at radius 3 is 2.70 bits per heavy atom. The van der Waals surface area contributed by atoms with Crippen LogP contribution in [0.25, 0.3) is 11.3 Å². The molecule has 0 unspecified atom stereocenters. The summed E-state index contributed by atoms with van der Waals surface area (Å²) in [6.45, 7) is 1.91. The van der Waals surface area contributed by atoms with E-state index in [1.807, 2.05) is 54.8 Å². The van der Waals surface area contributed by atoms with Crippen LogP contribution in [0, 0.1) is 0 Å². The molecule has 1 N–H and O–H groups in total. The van der Waals surface area contributed by atoms with Crippen LogP contribution in [0.4, 0.5) is 5.13 Å². The molecule has 0 aliphatic heterocycles. The molecule has 0 aliphatic rings. The molecule has 5 nitrogen and oxygen atoms in total. The van der Waals surface area contributed by atoms with E-state index in [0.717, 1.165) is 33.5 Å². The van der Waals surface area contributed by atoms with Crippen molar-refractivity contribution in [3.8, 4) is 17.0 Å². The molecule has 1 aromatic carbocycles. The molecular formula is C17H16N4OS. The van der Waals surface area contributed by atoms with E-state index in [9.17, 15) is 0 Å². The van der Waals surface area contributed by atoms with Gasteiger partial charge in [-0.15, -0.1) is 11.3 Å². The average molecular weight is 324 g/mol. The lowest BCUT2D eigenvalue weighted by Gasteiger charge is -2.01. The second kappa shape index (κ2) is 7.02. The topological polar surface area (TPSA) is 59.4 Å². The maximum atomic E-state index is 5.16. The first-order valence-corrected chi connectivity index (χ1v) is 7.96. The third-order valence-electron chi connectivity index (χ3n) is 3.24. The van der Waals surface area contributed by atoms with Crippen molar-refractivity contribution in [3.05, 3.63) is 59.7 Å². The highest BCUT2D eigenvalue weighted by molar-refractivity contribution is 7.14. The molecule has 6 heteroatoms. The fourth-order valence-electron chi connectivity index (χ4n) is 1.99. The number of nitrogens with one attached hydrogen (secondary N) is 1. The van der Waals surface area contributed by atoms with Gasteiger partial charge in [0.05, 0.1) is 24.2 Å². The Labute approximate surface area is 138 Å². The van der Waals surface area contributed by atoms with Gasteiger partial charge < -0.3 is 4.74 Å². The Morgan fingerprint density at radius 2 is 2.00 bits per heavy atom. The summed E-state index contributed by atoms with van der Waals surface area (Å²) in [6.07, 6.45) is 1.75. The molecule has 0 amide bonds. The summed E-state index contributed by atoms with van der Waals surface area (Å²) < 4.78 is 5.16. The maximum Gasteiger partial charge on any atom is 0.203 e. The van der Waals surface area contributed by atoms with Crippen LogP contribution in [0.2, 0.25) is 0 Å². The average Bonchev–Trinajstić information content (AvgIpc) is 3.09. The van der Waals surface area contributed by atoms with Crippen molar-refractivity contribution in [1.82, 2.24) is 9.97 Å². The molecule has 0 fully saturated rings. The highest BCUT2D eigenvalue weighted by Crippen LogP contribution is 2.26. The summed E-state index contributed by atoms with van der Waals surface area (Å²) in [4.78, 5) is 8.80. The highest BCUT2D eigenvalue weighted by Gasteiger charge is 2.05. The minimum absolute atomic E-state index is 0.742. The number of methoxy groups -OCH3 is 1. The Bertz CT molecular complexity index is 797. The van der Waals surface area contributed by atoms with Gasteiger partial charge in [-0.3, -0.25) is 10.4 Å². The molecule has 23 heavy (non-hydrogen) atoms. The number of pyridine rings is 1. The number of rotatable bonds is 5. The van der Waals surface area contributed by atoms with Gasteiger partial charge >= 0.3 is 0 Å². The van der Waals surface area contributed by atoms with Crippen LogP contribution in [0.15, 0.2) is 59.1 Å². The van der Waals surface area contributed by atoms with Crippen molar-refractivity contribution in [2.75, 3.05) is 12.5 Å². The first-order chi connectivity index (χ1) is 11.3. The second-order valence-electron chi connectivity index (χ2n) is 4.79. The monoisotopic (exact) mass is 324 g/mol. The van der Waals surface area contributed by atoms with Crippen LogP contribution in [-0.2, 0) is 0 Å². The smallest absolute Gasteiger partial charge is 0.203 e. The number of hydrogen-bond donors (Lipinski definition) is 1. The van der Waals surface area contributed by atoms with Gasteiger partial charge in [0, 0.05) is 17.1 Å². The van der Waals surface area contributed by atoms with E-state index >= 15 is 0 Å². The first-order valence-electron chi connectivity index (χ1n) is 7.08. The van der Waals surface area contributed by atoms with Crippen molar-refractivity contribution in [2.24, 2.45) is 5.10 Å². The van der Waals surface area contributed by atoms with Gasteiger partial charge in [0.2, 0.25) is 5.13 Å². The third kappa shape index (κ3) is 3.73. The van der Waals surface area contributed by atoms with E-state index in [1.54, 1.807) is 13.3 Å². The van der Waals surface area contributed by atoms with Gasteiger partial charge in [-0.05, 0) is 43.3 Å². The maximum absolute atomic E-state index is 5.16. The number of ether oxygens (including phenoxy) is 1. The van der Waals surface area contributed by atoms with Crippen molar-refractivity contribution >= 4 is 22.2 Å². The number of hydrogen-bond acceptors (Lipinski definition) is 6. The standard InChI is InChI=1S/C17H16N4OS/c1-12(15-5-3-4-10-18-15)20-21-17-19-16(11-23-17)13-6-8-14(22-2)9-7-13/h3-11H,1-2H3,(H,19,21)/b20-12-. The molecule has 0 saturated carbocycles. The van der Waals surface area contributed by atoms with E-state index in [2.05, 4.69) is 20.5 Å². The van der Waals surface area contributed by atoms with Crippen molar-refractivity contribution < 1.29 is 4.74 Å². The molecule has 0 saturated heterocycles. The molecule has 2 heterocycles. The number of thiazole rings is 1. The Kier molecular flexibility index (Phi) is 4.63. The Hall–Kier alpha value is -2.73. The normalized spacial score (nSPS) is 11.3. The predicted molar refractivity (Wildman–Crippen MR) is 94.2 cm³/mol. The number of hydrazone groups is 1. The van der Waals surface area contributed by atoms with Gasteiger partial charge in [0.1, 0.15) is 5.75 Å². The van der Waals surface area contributed by atoms with Crippen LogP contribution < -0.4 is 10.2 Å². The zero-order valence-corrected chi connectivity index (χ0v) is 13.7. The van der Waals surface area contributed by atoms with Gasteiger partial charge in [-0.1, -0.05) is 6.07 Å². The minimum Gasteiger partial charge on any atom is -0.497 e. The molecule has 3 aromatic rings. The Morgan fingerprint density at radius 1 is 1.17 bits per heavy atom. The van der Waals surface area contributed by atoms with E-state index in [0.29, 0.717) is 0 Å². The Balaban J connectivity index is 1.72. The van der Waals surface area contributed by atoms with Crippen molar-refractivity contribution in [3.63, 3.8) is 0 Å². The lowest BCUT2D eigenvalue weighted by Crippen LogP contribution is -2.01. The number of anilines is 1. The third-order valence-corrected chi connectivity index (χ3v) is 3.99. The lowest BCUT2D eigenvalue weighted by molar-refractivity contribution is 0.415. The van der Waals surface area contributed by atoms with Crippen molar-refractivity contribution in [2.45, 2.75) is 6.92 Å². The highest BCUT2D eigenvalue weighted by atomic mass is 32.1. The molecule has 0 aliphatic carbocycles. The summed E-state index contributed by atoms with van der Waals surface area (Å²) in [5.74, 6) is 0.831.